The highest BCUT2D eigenvalue weighted by Gasteiger charge is 2.19. The molecular formula is C13H26N2O. The van der Waals surface area contributed by atoms with Gasteiger partial charge in [-0.1, -0.05) is 33.1 Å². The molecule has 0 saturated heterocycles. The first kappa shape index (κ1) is 13.5. The molecule has 3 N–H and O–H groups in total. The van der Waals surface area contributed by atoms with E-state index < -0.39 is 0 Å². The Bertz CT molecular complexity index is 218. The van der Waals surface area contributed by atoms with Gasteiger partial charge in [0.15, 0.2) is 0 Å². The van der Waals surface area contributed by atoms with E-state index in [0.717, 1.165) is 24.8 Å². The molecule has 1 fully saturated rings. The quantitative estimate of drug-likeness (QED) is 0.754. The van der Waals surface area contributed by atoms with Gasteiger partial charge in [0.05, 0.1) is 6.04 Å². The zero-order chi connectivity index (χ0) is 12.0. The van der Waals surface area contributed by atoms with E-state index in [4.69, 9.17) is 5.73 Å². The van der Waals surface area contributed by atoms with Crippen LogP contribution in [-0.2, 0) is 4.79 Å². The van der Waals surface area contributed by atoms with E-state index >= 15 is 0 Å². The van der Waals surface area contributed by atoms with E-state index in [1.807, 2.05) is 6.92 Å². The smallest absolute Gasteiger partial charge is 0.236 e. The van der Waals surface area contributed by atoms with Gasteiger partial charge in [-0.05, 0) is 31.1 Å². The highest BCUT2D eigenvalue weighted by molar-refractivity contribution is 5.81. The van der Waals surface area contributed by atoms with Gasteiger partial charge >= 0.3 is 0 Å². The number of carbonyl (C=O) groups is 1. The van der Waals surface area contributed by atoms with Gasteiger partial charge in [0, 0.05) is 6.54 Å². The van der Waals surface area contributed by atoms with Crippen LogP contribution in [0, 0.1) is 11.8 Å². The van der Waals surface area contributed by atoms with Gasteiger partial charge in [-0.15, -0.1) is 0 Å². The fraction of sp³-hybridized carbons (Fsp3) is 0.923. The zero-order valence-corrected chi connectivity index (χ0v) is 10.7. The molecule has 1 aliphatic rings. The Hall–Kier alpha value is -0.570. The number of hydrogen-bond acceptors (Lipinski definition) is 2. The molecule has 1 rings (SSSR count). The van der Waals surface area contributed by atoms with Crippen molar-refractivity contribution in [2.75, 3.05) is 6.54 Å². The highest BCUT2D eigenvalue weighted by atomic mass is 16.2. The molecule has 0 aliphatic heterocycles. The van der Waals surface area contributed by atoms with E-state index in [1.165, 1.54) is 25.7 Å². The number of nitrogens with two attached hydrogens (primary N) is 1. The molecular weight excluding hydrogens is 200 g/mol. The van der Waals surface area contributed by atoms with Gasteiger partial charge in [0.1, 0.15) is 0 Å². The fourth-order valence-electron chi connectivity index (χ4n) is 2.54. The average Bonchev–Trinajstić information content (AvgIpc) is 2.28. The van der Waals surface area contributed by atoms with Crippen molar-refractivity contribution in [1.29, 1.82) is 0 Å². The average molecular weight is 226 g/mol. The summed E-state index contributed by atoms with van der Waals surface area (Å²) in [5.74, 6) is 1.68. The molecule has 3 nitrogen and oxygen atoms in total. The van der Waals surface area contributed by atoms with Crippen molar-refractivity contribution in [2.24, 2.45) is 17.6 Å². The van der Waals surface area contributed by atoms with E-state index in [-0.39, 0.29) is 11.9 Å². The molecule has 3 atom stereocenters. The summed E-state index contributed by atoms with van der Waals surface area (Å²) in [6.07, 6.45) is 7.23. The maximum Gasteiger partial charge on any atom is 0.236 e. The molecule has 1 aliphatic carbocycles. The molecule has 94 valence electrons. The van der Waals surface area contributed by atoms with Gasteiger partial charge in [0.2, 0.25) is 5.91 Å². The molecule has 0 spiro atoms. The maximum absolute atomic E-state index is 11.4. The molecule has 0 heterocycles. The Kier molecular flexibility index (Phi) is 5.81. The van der Waals surface area contributed by atoms with Crippen LogP contribution in [0.4, 0.5) is 0 Å². The molecule has 1 saturated carbocycles. The third kappa shape index (κ3) is 4.52. The molecule has 2 unspecified atom stereocenters. The lowest BCUT2D eigenvalue weighted by Gasteiger charge is -2.26. The van der Waals surface area contributed by atoms with Crippen molar-refractivity contribution in [3.63, 3.8) is 0 Å². The second-order valence-corrected chi connectivity index (χ2v) is 5.23. The summed E-state index contributed by atoms with van der Waals surface area (Å²) in [5, 5.41) is 2.93. The van der Waals surface area contributed by atoms with Crippen molar-refractivity contribution >= 4 is 5.91 Å². The summed E-state index contributed by atoms with van der Waals surface area (Å²) in [6, 6.07) is -0.328. The van der Waals surface area contributed by atoms with E-state index in [1.54, 1.807) is 0 Å². The van der Waals surface area contributed by atoms with Gasteiger partial charge in [0.25, 0.3) is 0 Å². The van der Waals surface area contributed by atoms with Crippen molar-refractivity contribution in [3.05, 3.63) is 0 Å². The number of rotatable bonds is 5. The van der Waals surface area contributed by atoms with Gasteiger partial charge < -0.3 is 11.1 Å². The predicted octanol–water partition coefficient (Wildman–Crippen LogP) is 2.06. The van der Waals surface area contributed by atoms with Crippen LogP contribution in [0.25, 0.3) is 0 Å². The fourth-order valence-corrected chi connectivity index (χ4v) is 2.54. The lowest BCUT2D eigenvalue weighted by Crippen LogP contribution is -2.40. The highest BCUT2D eigenvalue weighted by Crippen LogP contribution is 2.30. The Morgan fingerprint density at radius 1 is 1.50 bits per heavy atom. The summed E-state index contributed by atoms with van der Waals surface area (Å²) in [6.45, 7) is 5.06. The summed E-state index contributed by atoms with van der Waals surface area (Å²) < 4.78 is 0. The molecule has 16 heavy (non-hydrogen) atoms. The molecule has 0 aromatic heterocycles. The largest absolute Gasteiger partial charge is 0.355 e. The van der Waals surface area contributed by atoms with Crippen LogP contribution < -0.4 is 11.1 Å². The number of carbonyl (C=O) groups excluding carboxylic acids is 1. The first-order valence-corrected chi connectivity index (χ1v) is 6.66. The number of amides is 1. The SMILES string of the molecule is CC[C@H](N)C(=O)NCCC1CCCC(C)C1. The lowest BCUT2D eigenvalue weighted by molar-refractivity contribution is -0.122. The third-order valence-corrected chi connectivity index (χ3v) is 3.67. The summed E-state index contributed by atoms with van der Waals surface area (Å²) in [5.41, 5.74) is 5.65. The first-order valence-electron chi connectivity index (χ1n) is 6.66. The monoisotopic (exact) mass is 226 g/mol. The van der Waals surface area contributed by atoms with Crippen molar-refractivity contribution in [2.45, 2.75) is 58.4 Å². The molecule has 3 heteroatoms. The van der Waals surface area contributed by atoms with Gasteiger partial charge in [-0.2, -0.15) is 0 Å². The minimum absolute atomic E-state index is 0.00589. The second-order valence-electron chi connectivity index (χ2n) is 5.23. The van der Waals surface area contributed by atoms with Crippen LogP contribution >= 0.6 is 0 Å². The summed E-state index contributed by atoms with van der Waals surface area (Å²) in [7, 11) is 0. The van der Waals surface area contributed by atoms with Crippen LogP contribution in [-0.4, -0.2) is 18.5 Å². The Balaban J connectivity index is 2.12. The minimum Gasteiger partial charge on any atom is -0.355 e. The van der Waals surface area contributed by atoms with E-state index in [0.29, 0.717) is 6.42 Å². The van der Waals surface area contributed by atoms with Crippen LogP contribution in [0.15, 0.2) is 0 Å². The van der Waals surface area contributed by atoms with Crippen LogP contribution in [0.2, 0.25) is 0 Å². The topological polar surface area (TPSA) is 55.1 Å². The number of hydrogen-bond donors (Lipinski definition) is 2. The molecule has 0 aromatic carbocycles. The summed E-state index contributed by atoms with van der Waals surface area (Å²) in [4.78, 5) is 11.4. The van der Waals surface area contributed by atoms with Gasteiger partial charge in [-0.25, -0.2) is 0 Å². The Morgan fingerprint density at radius 2 is 2.25 bits per heavy atom. The van der Waals surface area contributed by atoms with Crippen molar-refractivity contribution in [1.82, 2.24) is 5.32 Å². The predicted molar refractivity (Wildman–Crippen MR) is 67.0 cm³/mol. The first-order chi connectivity index (χ1) is 7.63. The van der Waals surface area contributed by atoms with Gasteiger partial charge in [-0.3, -0.25) is 4.79 Å². The lowest BCUT2D eigenvalue weighted by atomic mass is 9.81. The minimum atomic E-state index is -0.328. The summed E-state index contributed by atoms with van der Waals surface area (Å²) >= 11 is 0. The van der Waals surface area contributed by atoms with E-state index in [9.17, 15) is 4.79 Å². The molecule has 0 radical (unpaired) electrons. The van der Waals surface area contributed by atoms with E-state index in [2.05, 4.69) is 12.2 Å². The van der Waals surface area contributed by atoms with Crippen molar-refractivity contribution in [3.8, 4) is 0 Å². The third-order valence-electron chi connectivity index (χ3n) is 3.67. The number of nitrogens with one attached hydrogen (secondary N) is 1. The van der Waals surface area contributed by atoms with Crippen LogP contribution in [0.1, 0.15) is 52.4 Å². The van der Waals surface area contributed by atoms with Crippen LogP contribution in [0.5, 0.6) is 0 Å². The standard InChI is InChI=1S/C13H26N2O/c1-3-12(14)13(16)15-8-7-11-6-4-5-10(2)9-11/h10-12H,3-9,14H2,1-2H3,(H,15,16)/t10?,11?,12-/m0/s1. The Labute approximate surface area is 99.2 Å². The Morgan fingerprint density at radius 3 is 2.88 bits per heavy atom. The second kappa shape index (κ2) is 6.89. The normalized spacial score (nSPS) is 27.4. The van der Waals surface area contributed by atoms with Crippen LogP contribution in [0.3, 0.4) is 0 Å². The molecule has 0 aromatic rings. The molecule has 0 bridgehead atoms. The zero-order valence-electron chi connectivity index (χ0n) is 10.7. The molecule has 1 amide bonds. The van der Waals surface area contributed by atoms with Crippen molar-refractivity contribution < 1.29 is 4.79 Å². The maximum atomic E-state index is 11.4.